The SMILES string of the molecule is Cc1ccc(C2(O)CC3COCC(C2)N3C(=O)OC(C)(C)C)nc1. The summed E-state index contributed by atoms with van der Waals surface area (Å²) in [5, 5.41) is 11.2. The van der Waals surface area contributed by atoms with Crippen molar-refractivity contribution in [2.45, 2.75) is 63.8 Å². The molecule has 1 amide bonds. The first-order valence-electron chi connectivity index (χ1n) is 8.42. The highest BCUT2D eigenvalue weighted by molar-refractivity contribution is 5.69. The van der Waals surface area contributed by atoms with Gasteiger partial charge in [-0.15, -0.1) is 0 Å². The highest BCUT2D eigenvalue weighted by atomic mass is 16.6. The summed E-state index contributed by atoms with van der Waals surface area (Å²) in [6, 6.07) is 3.41. The molecule has 0 aromatic carbocycles. The van der Waals surface area contributed by atoms with Gasteiger partial charge in [0.15, 0.2) is 0 Å². The first-order valence-corrected chi connectivity index (χ1v) is 8.42. The molecule has 1 aromatic heterocycles. The van der Waals surface area contributed by atoms with E-state index in [1.54, 1.807) is 11.1 Å². The number of piperidine rings is 1. The first kappa shape index (κ1) is 17.2. The standard InChI is InChI=1S/C18H26N2O4/c1-12-5-6-15(19-9-12)18(22)7-13-10-23-11-14(8-18)20(13)16(21)24-17(2,3)4/h5-6,9,13-14,22H,7-8,10-11H2,1-4H3. The van der Waals surface area contributed by atoms with E-state index in [1.165, 1.54) is 0 Å². The van der Waals surface area contributed by atoms with Crippen LogP contribution in [-0.4, -0.2) is 52.0 Å². The van der Waals surface area contributed by atoms with Crippen molar-refractivity contribution in [3.05, 3.63) is 29.6 Å². The van der Waals surface area contributed by atoms with Crippen LogP contribution in [0.5, 0.6) is 0 Å². The fraction of sp³-hybridized carbons (Fsp3) is 0.667. The van der Waals surface area contributed by atoms with E-state index in [-0.39, 0.29) is 18.2 Å². The lowest BCUT2D eigenvalue weighted by atomic mass is 9.79. The molecule has 0 spiro atoms. The molecule has 2 unspecified atom stereocenters. The summed E-state index contributed by atoms with van der Waals surface area (Å²) in [5.41, 5.74) is 0.134. The number of aliphatic hydroxyl groups is 1. The van der Waals surface area contributed by atoms with Gasteiger partial charge in [0.05, 0.1) is 31.0 Å². The van der Waals surface area contributed by atoms with E-state index in [0.717, 1.165) is 5.56 Å². The zero-order chi connectivity index (χ0) is 17.5. The van der Waals surface area contributed by atoms with Crippen molar-refractivity contribution >= 4 is 6.09 Å². The molecule has 3 rings (SSSR count). The van der Waals surface area contributed by atoms with Gasteiger partial charge in [0.2, 0.25) is 0 Å². The average molecular weight is 334 g/mol. The van der Waals surface area contributed by atoms with Crippen LogP contribution < -0.4 is 0 Å². The number of carbonyl (C=O) groups is 1. The van der Waals surface area contributed by atoms with Gasteiger partial charge in [0.25, 0.3) is 0 Å². The summed E-state index contributed by atoms with van der Waals surface area (Å²) >= 11 is 0. The molecule has 1 N–H and O–H groups in total. The lowest BCUT2D eigenvalue weighted by Crippen LogP contribution is -2.63. The van der Waals surface area contributed by atoms with Crippen LogP contribution in [0.25, 0.3) is 0 Å². The summed E-state index contributed by atoms with van der Waals surface area (Å²) in [4.78, 5) is 18.7. The summed E-state index contributed by atoms with van der Waals surface area (Å²) < 4.78 is 11.2. The molecule has 6 nitrogen and oxygen atoms in total. The normalized spacial score (nSPS) is 30.1. The van der Waals surface area contributed by atoms with Gasteiger partial charge in [-0.25, -0.2) is 4.79 Å². The maximum atomic E-state index is 12.6. The van der Waals surface area contributed by atoms with Crippen molar-refractivity contribution in [1.82, 2.24) is 9.88 Å². The molecule has 2 saturated heterocycles. The van der Waals surface area contributed by atoms with E-state index in [2.05, 4.69) is 4.98 Å². The van der Waals surface area contributed by atoms with Gasteiger partial charge in [-0.1, -0.05) is 6.07 Å². The number of hydrogen-bond acceptors (Lipinski definition) is 5. The second kappa shape index (κ2) is 6.01. The number of rotatable bonds is 1. The molecule has 1 aromatic rings. The third-order valence-electron chi connectivity index (χ3n) is 4.55. The second-order valence-electron chi connectivity index (χ2n) is 7.89. The van der Waals surface area contributed by atoms with Gasteiger partial charge >= 0.3 is 6.09 Å². The van der Waals surface area contributed by atoms with Gasteiger partial charge in [-0.05, 0) is 39.3 Å². The molecule has 3 heterocycles. The maximum absolute atomic E-state index is 12.6. The lowest BCUT2D eigenvalue weighted by molar-refractivity contribution is -0.142. The monoisotopic (exact) mass is 334 g/mol. The molecule has 2 fully saturated rings. The second-order valence-corrected chi connectivity index (χ2v) is 7.89. The van der Waals surface area contributed by atoms with Crippen molar-refractivity contribution in [3.8, 4) is 0 Å². The van der Waals surface area contributed by atoms with Crippen LogP contribution in [0.4, 0.5) is 4.79 Å². The van der Waals surface area contributed by atoms with E-state index in [9.17, 15) is 9.90 Å². The molecule has 0 aliphatic carbocycles. The molecule has 2 atom stereocenters. The van der Waals surface area contributed by atoms with Gasteiger partial charge in [-0.2, -0.15) is 0 Å². The maximum Gasteiger partial charge on any atom is 0.410 e. The highest BCUT2D eigenvalue weighted by Gasteiger charge is 2.50. The third-order valence-corrected chi connectivity index (χ3v) is 4.55. The van der Waals surface area contributed by atoms with Crippen LogP contribution in [-0.2, 0) is 15.1 Å². The Morgan fingerprint density at radius 2 is 1.96 bits per heavy atom. The van der Waals surface area contributed by atoms with Crippen molar-refractivity contribution in [1.29, 1.82) is 0 Å². The van der Waals surface area contributed by atoms with Crippen LogP contribution in [0.15, 0.2) is 18.3 Å². The Bertz CT molecular complexity index is 594. The Kier molecular flexibility index (Phi) is 4.30. The van der Waals surface area contributed by atoms with Crippen LogP contribution in [0.1, 0.15) is 44.9 Å². The van der Waals surface area contributed by atoms with E-state index in [0.29, 0.717) is 31.7 Å². The number of hydrogen-bond donors (Lipinski definition) is 1. The third kappa shape index (κ3) is 3.39. The summed E-state index contributed by atoms with van der Waals surface area (Å²) in [6.07, 6.45) is 2.23. The number of nitrogens with zero attached hydrogens (tertiary/aromatic N) is 2. The summed E-state index contributed by atoms with van der Waals surface area (Å²) in [5.74, 6) is 0. The van der Waals surface area contributed by atoms with Crippen LogP contribution in [0.3, 0.4) is 0 Å². The number of aryl methyl sites for hydroxylation is 1. The minimum Gasteiger partial charge on any atom is -0.444 e. The molecular formula is C18H26N2O4. The Hall–Kier alpha value is -1.66. The van der Waals surface area contributed by atoms with Crippen molar-refractivity contribution in [2.24, 2.45) is 0 Å². The summed E-state index contributed by atoms with van der Waals surface area (Å²) in [7, 11) is 0. The minimum atomic E-state index is -1.04. The molecule has 0 radical (unpaired) electrons. The summed E-state index contributed by atoms with van der Waals surface area (Å²) in [6.45, 7) is 8.34. The Balaban J connectivity index is 1.82. The Labute approximate surface area is 142 Å². The number of aromatic nitrogens is 1. The average Bonchev–Trinajstić information content (AvgIpc) is 2.44. The van der Waals surface area contributed by atoms with E-state index in [1.807, 2.05) is 39.8 Å². The van der Waals surface area contributed by atoms with E-state index < -0.39 is 11.2 Å². The predicted octanol–water partition coefficient (Wildman–Crippen LogP) is 2.38. The molecule has 24 heavy (non-hydrogen) atoms. The molecule has 0 saturated carbocycles. The minimum absolute atomic E-state index is 0.208. The van der Waals surface area contributed by atoms with E-state index >= 15 is 0 Å². The topological polar surface area (TPSA) is 71.9 Å². The molecule has 132 valence electrons. The van der Waals surface area contributed by atoms with Gasteiger partial charge in [0.1, 0.15) is 11.2 Å². The van der Waals surface area contributed by atoms with E-state index in [4.69, 9.17) is 9.47 Å². The number of pyridine rings is 1. The molecule has 2 bridgehead atoms. The van der Waals surface area contributed by atoms with Crippen molar-refractivity contribution < 1.29 is 19.4 Å². The van der Waals surface area contributed by atoms with Gasteiger partial charge in [-0.3, -0.25) is 9.88 Å². The fourth-order valence-corrected chi connectivity index (χ4v) is 3.54. The van der Waals surface area contributed by atoms with Gasteiger partial charge in [0, 0.05) is 19.0 Å². The number of amides is 1. The number of carbonyl (C=O) groups excluding carboxylic acids is 1. The Morgan fingerprint density at radius 1 is 1.33 bits per heavy atom. The first-order chi connectivity index (χ1) is 11.2. The molecule has 6 heteroatoms. The van der Waals surface area contributed by atoms with Crippen molar-refractivity contribution in [2.75, 3.05) is 13.2 Å². The van der Waals surface area contributed by atoms with Crippen LogP contribution in [0, 0.1) is 6.92 Å². The van der Waals surface area contributed by atoms with Crippen LogP contribution >= 0.6 is 0 Å². The number of morpholine rings is 1. The molecule has 2 aliphatic heterocycles. The zero-order valence-corrected chi connectivity index (χ0v) is 14.8. The van der Waals surface area contributed by atoms with Gasteiger partial charge < -0.3 is 14.6 Å². The smallest absolute Gasteiger partial charge is 0.410 e. The number of ether oxygens (including phenoxy) is 2. The predicted molar refractivity (Wildman–Crippen MR) is 88.6 cm³/mol. The number of fused-ring (bicyclic) bond motifs is 2. The zero-order valence-electron chi connectivity index (χ0n) is 14.8. The van der Waals surface area contributed by atoms with Crippen LogP contribution in [0.2, 0.25) is 0 Å². The Morgan fingerprint density at radius 3 is 2.46 bits per heavy atom. The van der Waals surface area contributed by atoms with Crippen molar-refractivity contribution in [3.63, 3.8) is 0 Å². The highest BCUT2D eigenvalue weighted by Crippen LogP contribution is 2.40. The lowest BCUT2D eigenvalue weighted by Gasteiger charge is -2.51. The largest absolute Gasteiger partial charge is 0.444 e. The fourth-order valence-electron chi connectivity index (χ4n) is 3.54. The molecular weight excluding hydrogens is 308 g/mol. The molecule has 2 aliphatic rings. The quantitative estimate of drug-likeness (QED) is 0.854.